The van der Waals surface area contributed by atoms with Crippen molar-refractivity contribution in [1.82, 2.24) is 15.4 Å². The van der Waals surface area contributed by atoms with Crippen molar-refractivity contribution in [1.29, 1.82) is 0 Å². The second kappa shape index (κ2) is 2.79. The van der Waals surface area contributed by atoms with Gasteiger partial charge in [0.05, 0.1) is 5.69 Å². The standard InChI is InChI=1S/C12H18N4/c13-11-10(14-16-15-11)12-4-7-1-8(5-12)3-9(2-7)6-12/h7-9H,1-6H2,(H3,13,14,15,16). The van der Waals surface area contributed by atoms with Crippen molar-refractivity contribution >= 4 is 5.82 Å². The minimum Gasteiger partial charge on any atom is -0.381 e. The molecule has 86 valence electrons. The first-order chi connectivity index (χ1) is 7.75. The van der Waals surface area contributed by atoms with Crippen LogP contribution in [0.5, 0.6) is 0 Å². The molecule has 4 nitrogen and oxygen atoms in total. The van der Waals surface area contributed by atoms with E-state index in [0.29, 0.717) is 11.2 Å². The summed E-state index contributed by atoms with van der Waals surface area (Å²) < 4.78 is 0. The van der Waals surface area contributed by atoms with E-state index in [2.05, 4.69) is 15.4 Å². The lowest BCUT2D eigenvalue weighted by atomic mass is 9.49. The Bertz CT molecular complexity index is 387. The van der Waals surface area contributed by atoms with Crippen molar-refractivity contribution in [3.05, 3.63) is 5.69 Å². The molecule has 0 aromatic carbocycles. The summed E-state index contributed by atoms with van der Waals surface area (Å²) >= 11 is 0. The molecule has 0 unspecified atom stereocenters. The Morgan fingerprint density at radius 1 is 1.06 bits per heavy atom. The van der Waals surface area contributed by atoms with Crippen molar-refractivity contribution in [3.8, 4) is 0 Å². The molecule has 4 aliphatic carbocycles. The molecule has 0 saturated heterocycles. The second-order valence-electron chi connectivity index (χ2n) is 6.27. The van der Waals surface area contributed by atoms with E-state index in [9.17, 15) is 0 Å². The highest BCUT2D eigenvalue weighted by Crippen LogP contribution is 2.60. The number of nitrogens with zero attached hydrogens (tertiary/aromatic N) is 2. The number of anilines is 1. The molecule has 0 atom stereocenters. The third kappa shape index (κ3) is 1.05. The average molecular weight is 218 g/mol. The quantitative estimate of drug-likeness (QED) is 0.756. The number of rotatable bonds is 1. The van der Waals surface area contributed by atoms with Crippen molar-refractivity contribution in [2.24, 2.45) is 17.8 Å². The zero-order valence-corrected chi connectivity index (χ0v) is 9.45. The molecular weight excluding hydrogens is 200 g/mol. The van der Waals surface area contributed by atoms with E-state index in [-0.39, 0.29) is 0 Å². The molecule has 1 heterocycles. The second-order valence-corrected chi connectivity index (χ2v) is 6.27. The minimum absolute atomic E-state index is 0.308. The Morgan fingerprint density at radius 3 is 2.06 bits per heavy atom. The van der Waals surface area contributed by atoms with Crippen LogP contribution in [0, 0.1) is 17.8 Å². The summed E-state index contributed by atoms with van der Waals surface area (Å²) in [6.45, 7) is 0. The van der Waals surface area contributed by atoms with Gasteiger partial charge in [-0.1, -0.05) is 5.21 Å². The van der Waals surface area contributed by atoms with Gasteiger partial charge in [0.15, 0.2) is 5.82 Å². The molecule has 0 aliphatic heterocycles. The van der Waals surface area contributed by atoms with Crippen molar-refractivity contribution in [2.75, 3.05) is 5.73 Å². The van der Waals surface area contributed by atoms with E-state index in [0.717, 1.165) is 23.4 Å². The Morgan fingerprint density at radius 2 is 1.62 bits per heavy atom. The maximum absolute atomic E-state index is 5.96. The summed E-state index contributed by atoms with van der Waals surface area (Å²) in [6.07, 6.45) is 8.31. The first kappa shape index (κ1) is 9.02. The van der Waals surface area contributed by atoms with Gasteiger partial charge in [-0.15, -0.1) is 5.10 Å². The number of nitrogens with two attached hydrogens (primary N) is 1. The molecule has 1 aromatic heterocycles. The summed E-state index contributed by atoms with van der Waals surface area (Å²) in [5.74, 6) is 3.46. The number of aromatic nitrogens is 3. The molecule has 0 amide bonds. The highest BCUT2D eigenvalue weighted by atomic mass is 15.4. The molecule has 4 fully saturated rings. The smallest absolute Gasteiger partial charge is 0.169 e. The van der Waals surface area contributed by atoms with E-state index in [1.165, 1.54) is 38.5 Å². The highest BCUT2D eigenvalue weighted by molar-refractivity contribution is 5.40. The molecule has 0 radical (unpaired) electrons. The zero-order chi connectivity index (χ0) is 10.8. The summed E-state index contributed by atoms with van der Waals surface area (Å²) in [4.78, 5) is 0. The number of hydrogen-bond acceptors (Lipinski definition) is 3. The van der Waals surface area contributed by atoms with Crippen LogP contribution in [0.2, 0.25) is 0 Å². The van der Waals surface area contributed by atoms with E-state index in [1.54, 1.807) is 0 Å². The maximum Gasteiger partial charge on any atom is 0.169 e. The van der Waals surface area contributed by atoms with Crippen LogP contribution >= 0.6 is 0 Å². The monoisotopic (exact) mass is 218 g/mol. The fourth-order valence-corrected chi connectivity index (χ4v) is 5.04. The van der Waals surface area contributed by atoms with E-state index < -0.39 is 0 Å². The summed E-state index contributed by atoms with van der Waals surface area (Å²) in [7, 11) is 0. The molecule has 1 aromatic rings. The van der Waals surface area contributed by atoms with Gasteiger partial charge in [0.25, 0.3) is 0 Å². The molecule has 4 saturated carbocycles. The van der Waals surface area contributed by atoms with Gasteiger partial charge in [0.2, 0.25) is 0 Å². The molecule has 4 heteroatoms. The fraction of sp³-hybridized carbons (Fsp3) is 0.833. The van der Waals surface area contributed by atoms with Crippen LogP contribution in [0.1, 0.15) is 44.2 Å². The van der Waals surface area contributed by atoms with Gasteiger partial charge in [0, 0.05) is 5.41 Å². The lowest BCUT2D eigenvalue weighted by Crippen LogP contribution is -2.49. The fourth-order valence-electron chi connectivity index (χ4n) is 5.04. The molecule has 0 spiro atoms. The van der Waals surface area contributed by atoms with Gasteiger partial charge in [-0.2, -0.15) is 0 Å². The van der Waals surface area contributed by atoms with Gasteiger partial charge in [-0.3, -0.25) is 5.10 Å². The number of H-pyrrole nitrogens is 1. The largest absolute Gasteiger partial charge is 0.381 e. The predicted molar refractivity (Wildman–Crippen MR) is 60.6 cm³/mol. The Hall–Kier alpha value is -1.06. The molecule has 3 N–H and O–H groups in total. The van der Waals surface area contributed by atoms with Crippen LogP contribution in [0.3, 0.4) is 0 Å². The molecule has 16 heavy (non-hydrogen) atoms. The first-order valence-corrected chi connectivity index (χ1v) is 6.42. The van der Waals surface area contributed by atoms with E-state index in [1.807, 2.05) is 0 Å². The normalized spacial score (nSPS) is 45.1. The molecular formula is C12H18N4. The molecule has 4 bridgehead atoms. The lowest BCUT2D eigenvalue weighted by Gasteiger charge is -2.56. The van der Waals surface area contributed by atoms with Gasteiger partial charge < -0.3 is 5.73 Å². The van der Waals surface area contributed by atoms with Crippen LogP contribution in [0.25, 0.3) is 0 Å². The van der Waals surface area contributed by atoms with Crippen LogP contribution in [-0.2, 0) is 5.41 Å². The Kier molecular flexibility index (Phi) is 1.57. The van der Waals surface area contributed by atoms with Crippen LogP contribution in [-0.4, -0.2) is 15.4 Å². The van der Waals surface area contributed by atoms with E-state index >= 15 is 0 Å². The van der Waals surface area contributed by atoms with Gasteiger partial charge in [0.1, 0.15) is 0 Å². The number of aromatic amines is 1. The Labute approximate surface area is 95.0 Å². The minimum atomic E-state index is 0.308. The lowest BCUT2D eigenvalue weighted by molar-refractivity contribution is -0.00687. The molecule has 5 rings (SSSR count). The first-order valence-electron chi connectivity index (χ1n) is 6.42. The third-order valence-electron chi connectivity index (χ3n) is 5.14. The maximum atomic E-state index is 5.96. The summed E-state index contributed by atoms with van der Waals surface area (Å²) in [6, 6.07) is 0. The number of hydrogen-bond donors (Lipinski definition) is 2. The number of nitrogen functional groups attached to an aromatic ring is 1. The van der Waals surface area contributed by atoms with Crippen molar-refractivity contribution in [2.45, 2.75) is 43.9 Å². The summed E-state index contributed by atoms with van der Waals surface area (Å²) in [5, 5.41) is 10.9. The van der Waals surface area contributed by atoms with Crippen molar-refractivity contribution < 1.29 is 0 Å². The van der Waals surface area contributed by atoms with Gasteiger partial charge in [-0.25, -0.2) is 0 Å². The third-order valence-corrected chi connectivity index (χ3v) is 5.14. The van der Waals surface area contributed by atoms with Crippen molar-refractivity contribution in [3.63, 3.8) is 0 Å². The Balaban J connectivity index is 1.79. The van der Waals surface area contributed by atoms with E-state index in [4.69, 9.17) is 5.73 Å². The average Bonchev–Trinajstić information content (AvgIpc) is 2.62. The topological polar surface area (TPSA) is 67.6 Å². The SMILES string of the molecule is Nc1nn[nH]c1C12CC3CC(CC(C3)C1)C2. The van der Waals surface area contributed by atoms with Crippen LogP contribution in [0.4, 0.5) is 5.82 Å². The van der Waals surface area contributed by atoms with Crippen LogP contribution in [0.15, 0.2) is 0 Å². The highest BCUT2D eigenvalue weighted by Gasteiger charge is 2.53. The number of nitrogens with one attached hydrogen (secondary N) is 1. The van der Waals surface area contributed by atoms with Crippen LogP contribution < -0.4 is 5.73 Å². The molecule has 4 aliphatic rings. The summed E-state index contributed by atoms with van der Waals surface area (Å²) in [5.41, 5.74) is 7.41. The predicted octanol–water partition coefficient (Wildman–Crippen LogP) is 1.85. The van der Waals surface area contributed by atoms with Gasteiger partial charge in [-0.05, 0) is 56.3 Å². The zero-order valence-electron chi connectivity index (χ0n) is 9.45. The van der Waals surface area contributed by atoms with Gasteiger partial charge >= 0.3 is 0 Å².